The molecule has 0 saturated heterocycles. The minimum atomic E-state index is -0.136. The molecule has 1 heterocycles. The van der Waals surface area contributed by atoms with Gasteiger partial charge in [-0.15, -0.1) is 23.5 Å². The lowest BCUT2D eigenvalue weighted by atomic mass is 10.1. The average molecular weight is 339 g/mol. The molecule has 0 N–H and O–H groups in total. The van der Waals surface area contributed by atoms with Gasteiger partial charge in [-0.2, -0.15) is 0 Å². The third-order valence-corrected chi connectivity index (χ3v) is 8.21. The van der Waals surface area contributed by atoms with Crippen molar-refractivity contribution in [2.45, 2.75) is 0 Å². The van der Waals surface area contributed by atoms with E-state index in [0.29, 0.717) is 16.7 Å². The van der Waals surface area contributed by atoms with Crippen LogP contribution in [0.25, 0.3) is 0 Å². The average Bonchev–Trinajstić information content (AvgIpc) is 2.99. The fourth-order valence-electron chi connectivity index (χ4n) is 2.06. The minimum absolute atomic E-state index is 0.136. The Balaban J connectivity index is 2.05. The zero-order valence-corrected chi connectivity index (χ0v) is 14.0. The second-order valence-electron chi connectivity index (χ2n) is 4.05. The molecular weight excluding hydrogens is 328 g/mol. The fourth-order valence-corrected chi connectivity index (χ4v) is 7.12. The number of fused-ring (bicyclic) bond motifs is 1. The molecule has 0 spiro atoms. The predicted molar refractivity (Wildman–Crippen MR) is 91.4 cm³/mol. The maximum absolute atomic E-state index is 12.4. The van der Waals surface area contributed by atoms with Crippen LogP contribution in [0.15, 0.2) is 42.6 Å². The Kier molecular flexibility index (Phi) is 4.08. The van der Waals surface area contributed by atoms with Crippen molar-refractivity contribution >= 4 is 58.6 Å². The number of carbonyl (C=O) groups is 2. The number of thioether (sulfide) groups is 4. The number of rotatable bonds is 2. The molecule has 0 saturated carbocycles. The van der Waals surface area contributed by atoms with E-state index >= 15 is 0 Å². The first-order valence-corrected chi connectivity index (χ1v) is 9.86. The molecule has 102 valence electrons. The van der Waals surface area contributed by atoms with Gasteiger partial charge >= 0.3 is 0 Å². The molecule has 0 amide bonds. The molecule has 2 nitrogen and oxygen atoms in total. The van der Waals surface area contributed by atoms with Crippen LogP contribution in [-0.2, 0) is 0 Å². The maximum Gasteiger partial charge on any atom is 0.199 e. The van der Waals surface area contributed by atoms with Crippen molar-refractivity contribution in [1.29, 1.82) is 0 Å². The van der Waals surface area contributed by atoms with E-state index in [2.05, 4.69) is 0 Å². The second-order valence-corrected chi connectivity index (χ2v) is 8.50. The molecule has 1 aromatic carbocycles. The van der Waals surface area contributed by atoms with E-state index in [0.717, 1.165) is 4.24 Å². The molecular formula is C14H10O2S4. The summed E-state index contributed by atoms with van der Waals surface area (Å²) in [7, 11) is 0. The minimum Gasteiger partial charge on any atom is -0.288 e. The van der Waals surface area contributed by atoms with Gasteiger partial charge in [-0.3, -0.25) is 9.59 Å². The number of ketones is 2. The van der Waals surface area contributed by atoms with Crippen LogP contribution in [-0.4, -0.2) is 24.1 Å². The highest BCUT2D eigenvalue weighted by Crippen LogP contribution is 2.58. The Labute approximate surface area is 134 Å². The summed E-state index contributed by atoms with van der Waals surface area (Å²) in [6.07, 6.45) is 4.03. The Bertz CT molecular complexity index is 633. The normalized spacial score (nSPS) is 18.3. The molecule has 1 aliphatic carbocycles. The molecule has 0 unspecified atom stereocenters. The molecule has 6 heteroatoms. The summed E-state index contributed by atoms with van der Waals surface area (Å²) >= 11 is 6.40. The lowest BCUT2D eigenvalue weighted by molar-refractivity contribution is 0.0989. The number of benzene rings is 1. The third-order valence-electron chi connectivity index (χ3n) is 2.98. The Morgan fingerprint density at radius 2 is 1.30 bits per heavy atom. The van der Waals surface area contributed by atoms with E-state index < -0.39 is 0 Å². The standard InChI is InChI=1S/C14H10O2S4/c1-17-13-14(18-2)20-12(19-13)9-10(15)7-5-3-4-6-8(7)11(9)16/h3-6H,1-2H3. The largest absolute Gasteiger partial charge is 0.288 e. The summed E-state index contributed by atoms with van der Waals surface area (Å²) in [5, 5.41) is 0. The second kappa shape index (κ2) is 5.67. The fraction of sp³-hybridized carbons (Fsp3) is 0.143. The summed E-state index contributed by atoms with van der Waals surface area (Å²) in [5.41, 5.74) is 1.41. The number of allylic oxidation sites excluding steroid dienone is 1. The highest BCUT2D eigenvalue weighted by atomic mass is 32.3. The van der Waals surface area contributed by atoms with E-state index in [9.17, 15) is 9.59 Å². The monoisotopic (exact) mass is 338 g/mol. The zero-order chi connectivity index (χ0) is 14.3. The van der Waals surface area contributed by atoms with E-state index in [-0.39, 0.29) is 11.6 Å². The van der Waals surface area contributed by atoms with E-state index in [1.54, 1.807) is 71.3 Å². The first-order valence-electron chi connectivity index (χ1n) is 5.78. The van der Waals surface area contributed by atoms with Crippen LogP contribution in [0.5, 0.6) is 0 Å². The number of Topliss-reactive ketones (excluding diaryl/α,β-unsaturated/α-hetero) is 2. The van der Waals surface area contributed by atoms with E-state index in [1.165, 1.54) is 8.47 Å². The van der Waals surface area contributed by atoms with Crippen molar-refractivity contribution in [3.63, 3.8) is 0 Å². The predicted octanol–water partition coefficient (Wildman–Crippen LogP) is 4.61. The van der Waals surface area contributed by atoms with Crippen molar-refractivity contribution in [3.05, 3.63) is 53.7 Å². The van der Waals surface area contributed by atoms with Crippen LogP contribution in [0, 0.1) is 0 Å². The number of hydrogen-bond donors (Lipinski definition) is 0. The van der Waals surface area contributed by atoms with Crippen molar-refractivity contribution < 1.29 is 9.59 Å². The molecule has 2 aliphatic rings. The molecule has 3 rings (SSSR count). The third kappa shape index (κ3) is 2.19. The van der Waals surface area contributed by atoms with Crippen molar-refractivity contribution in [2.24, 2.45) is 0 Å². The quantitative estimate of drug-likeness (QED) is 0.579. The van der Waals surface area contributed by atoms with Gasteiger partial charge in [0.2, 0.25) is 0 Å². The lowest BCUT2D eigenvalue weighted by Gasteiger charge is -2.00. The summed E-state index contributed by atoms with van der Waals surface area (Å²) < 4.78 is 3.16. The number of carbonyl (C=O) groups excluding carboxylic acids is 2. The summed E-state index contributed by atoms with van der Waals surface area (Å²) in [6.45, 7) is 0. The topological polar surface area (TPSA) is 34.1 Å². The van der Waals surface area contributed by atoms with Crippen LogP contribution < -0.4 is 0 Å². The van der Waals surface area contributed by atoms with Crippen molar-refractivity contribution in [1.82, 2.24) is 0 Å². The van der Waals surface area contributed by atoms with Crippen molar-refractivity contribution in [3.8, 4) is 0 Å². The lowest BCUT2D eigenvalue weighted by Crippen LogP contribution is -2.02. The molecule has 1 aromatic rings. The molecule has 0 fully saturated rings. The molecule has 0 atom stereocenters. The van der Waals surface area contributed by atoms with Gasteiger partial charge in [-0.25, -0.2) is 0 Å². The van der Waals surface area contributed by atoms with E-state index in [4.69, 9.17) is 0 Å². The Morgan fingerprint density at radius 3 is 1.70 bits per heavy atom. The van der Waals surface area contributed by atoms with Crippen LogP contribution in [0.4, 0.5) is 0 Å². The molecule has 0 aromatic heterocycles. The van der Waals surface area contributed by atoms with Gasteiger partial charge < -0.3 is 0 Å². The van der Waals surface area contributed by atoms with Gasteiger partial charge in [-0.05, 0) is 12.5 Å². The Hall–Kier alpha value is -0.560. The van der Waals surface area contributed by atoms with E-state index in [1.807, 2.05) is 12.5 Å². The van der Waals surface area contributed by atoms with Crippen LogP contribution in [0.3, 0.4) is 0 Å². The SMILES string of the molecule is CSC1=C(SC)SC(=C2C(=O)c3ccccc3C2=O)S1. The summed E-state index contributed by atoms with van der Waals surface area (Å²) in [5.74, 6) is -0.271. The zero-order valence-electron chi connectivity index (χ0n) is 10.8. The summed E-state index contributed by atoms with van der Waals surface area (Å²) in [6, 6.07) is 7.05. The molecule has 20 heavy (non-hydrogen) atoms. The summed E-state index contributed by atoms with van der Waals surface area (Å²) in [4.78, 5) is 24.9. The maximum atomic E-state index is 12.4. The molecule has 1 aliphatic heterocycles. The molecule has 0 bridgehead atoms. The first kappa shape index (κ1) is 14.4. The van der Waals surface area contributed by atoms with Gasteiger partial charge in [0.1, 0.15) is 0 Å². The van der Waals surface area contributed by atoms with Gasteiger partial charge in [-0.1, -0.05) is 47.8 Å². The smallest absolute Gasteiger partial charge is 0.199 e. The van der Waals surface area contributed by atoms with Crippen molar-refractivity contribution in [2.75, 3.05) is 12.5 Å². The van der Waals surface area contributed by atoms with Gasteiger partial charge in [0.05, 0.1) is 18.3 Å². The Morgan fingerprint density at radius 1 is 0.850 bits per heavy atom. The highest BCUT2D eigenvalue weighted by molar-refractivity contribution is 8.40. The van der Waals surface area contributed by atoms with Gasteiger partial charge in [0.15, 0.2) is 11.6 Å². The van der Waals surface area contributed by atoms with Crippen LogP contribution >= 0.6 is 47.0 Å². The molecule has 0 radical (unpaired) electrons. The van der Waals surface area contributed by atoms with Gasteiger partial charge in [0.25, 0.3) is 0 Å². The highest BCUT2D eigenvalue weighted by Gasteiger charge is 2.37. The van der Waals surface area contributed by atoms with Crippen LogP contribution in [0.1, 0.15) is 20.7 Å². The first-order chi connectivity index (χ1) is 9.67. The number of hydrogen-bond acceptors (Lipinski definition) is 6. The van der Waals surface area contributed by atoms with Gasteiger partial charge in [0, 0.05) is 11.1 Å². The van der Waals surface area contributed by atoms with Crippen LogP contribution in [0.2, 0.25) is 0 Å².